The third-order valence-corrected chi connectivity index (χ3v) is 4.46. The van der Waals surface area contributed by atoms with Crippen molar-refractivity contribution in [3.8, 4) is 0 Å². The van der Waals surface area contributed by atoms with Gasteiger partial charge in [0.25, 0.3) is 5.91 Å². The molecule has 2 aromatic rings. The Hall–Kier alpha value is -2.35. The molecule has 0 aromatic heterocycles. The molecule has 2 nitrogen and oxygen atoms in total. The number of nitrogens with zero attached hydrogens (tertiary/aromatic N) is 1. The molecule has 0 saturated carbocycles. The molecule has 0 radical (unpaired) electrons. The van der Waals surface area contributed by atoms with Crippen LogP contribution >= 0.6 is 0 Å². The number of benzene rings is 2. The molecule has 0 bridgehead atoms. The minimum Gasteiger partial charge on any atom is -0.277 e. The molecule has 0 N–H and O–H groups in total. The molecule has 0 saturated heterocycles. The Balaban J connectivity index is 2.40. The zero-order chi connectivity index (χ0) is 19.5. The molecule has 0 aliphatic heterocycles. The summed E-state index contributed by atoms with van der Waals surface area (Å²) in [6, 6.07) is 18.1. The fraction of sp³-hybridized carbons (Fsp3) is 0.375. The SMILES string of the molecule is C=C(C)C(=O)N(c1ccccc1)c1ccc(C(C)(C)CC(C)(C)C)cc1. The van der Waals surface area contributed by atoms with Crippen LogP contribution in [0.15, 0.2) is 66.7 Å². The lowest BCUT2D eigenvalue weighted by molar-refractivity contribution is -0.114. The summed E-state index contributed by atoms with van der Waals surface area (Å²) >= 11 is 0. The second-order valence-corrected chi connectivity index (χ2v) is 8.92. The van der Waals surface area contributed by atoms with Crippen LogP contribution in [0.1, 0.15) is 53.5 Å². The number of carbonyl (C=O) groups excluding carboxylic acids is 1. The number of para-hydroxylation sites is 1. The van der Waals surface area contributed by atoms with Gasteiger partial charge in [-0.3, -0.25) is 9.69 Å². The van der Waals surface area contributed by atoms with Crippen molar-refractivity contribution in [2.75, 3.05) is 4.90 Å². The summed E-state index contributed by atoms with van der Waals surface area (Å²) in [7, 11) is 0. The van der Waals surface area contributed by atoms with Crippen LogP contribution in [0, 0.1) is 5.41 Å². The monoisotopic (exact) mass is 349 g/mol. The number of anilines is 2. The lowest BCUT2D eigenvalue weighted by Crippen LogP contribution is -2.27. The highest BCUT2D eigenvalue weighted by atomic mass is 16.2. The Morgan fingerprint density at radius 1 is 0.885 bits per heavy atom. The molecule has 0 spiro atoms. The van der Waals surface area contributed by atoms with Crippen LogP contribution in [0.5, 0.6) is 0 Å². The first-order chi connectivity index (χ1) is 12.0. The van der Waals surface area contributed by atoms with E-state index in [1.807, 2.05) is 42.5 Å². The van der Waals surface area contributed by atoms with Gasteiger partial charge in [-0.1, -0.05) is 71.5 Å². The first kappa shape index (κ1) is 20.0. The zero-order valence-corrected chi connectivity index (χ0v) is 17.0. The number of rotatable bonds is 5. The third-order valence-electron chi connectivity index (χ3n) is 4.46. The topological polar surface area (TPSA) is 20.3 Å². The van der Waals surface area contributed by atoms with Crippen LogP contribution < -0.4 is 4.90 Å². The van der Waals surface area contributed by atoms with Crippen molar-refractivity contribution in [3.63, 3.8) is 0 Å². The average molecular weight is 350 g/mol. The average Bonchev–Trinajstić information content (AvgIpc) is 2.54. The van der Waals surface area contributed by atoms with Gasteiger partial charge in [-0.2, -0.15) is 0 Å². The van der Waals surface area contributed by atoms with Crippen LogP contribution in [0.25, 0.3) is 0 Å². The lowest BCUT2D eigenvalue weighted by atomic mass is 9.72. The van der Waals surface area contributed by atoms with E-state index < -0.39 is 0 Å². The number of hydrogen-bond acceptors (Lipinski definition) is 1. The molecule has 0 heterocycles. The van der Waals surface area contributed by atoms with Gasteiger partial charge in [-0.25, -0.2) is 0 Å². The minimum absolute atomic E-state index is 0.0761. The molecular weight excluding hydrogens is 318 g/mol. The van der Waals surface area contributed by atoms with E-state index in [2.05, 4.69) is 53.3 Å². The molecule has 138 valence electrons. The Bertz CT molecular complexity index is 764. The lowest BCUT2D eigenvalue weighted by Gasteiger charge is -2.33. The highest BCUT2D eigenvalue weighted by Gasteiger charge is 2.27. The zero-order valence-electron chi connectivity index (χ0n) is 17.0. The first-order valence-corrected chi connectivity index (χ1v) is 9.17. The fourth-order valence-electron chi connectivity index (χ4n) is 3.64. The summed E-state index contributed by atoms with van der Waals surface area (Å²) in [6.45, 7) is 16.9. The van der Waals surface area contributed by atoms with Crippen molar-refractivity contribution in [1.29, 1.82) is 0 Å². The Kier molecular flexibility index (Phi) is 5.75. The number of amides is 1. The van der Waals surface area contributed by atoms with E-state index in [1.54, 1.807) is 11.8 Å². The summed E-state index contributed by atoms with van der Waals surface area (Å²) in [5, 5.41) is 0. The highest BCUT2D eigenvalue weighted by molar-refractivity contribution is 6.09. The van der Waals surface area contributed by atoms with Gasteiger partial charge in [-0.15, -0.1) is 0 Å². The third kappa shape index (κ3) is 4.85. The van der Waals surface area contributed by atoms with E-state index in [1.165, 1.54) is 5.56 Å². The molecule has 26 heavy (non-hydrogen) atoms. The van der Waals surface area contributed by atoms with Crippen molar-refractivity contribution in [2.45, 2.75) is 53.4 Å². The van der Waals surface area contributed by atoms with Crippen LogP contribution in [0.3, 0.4) is 0 Å². The first-order valence-electron chi connectivity index (χ1n) is 9.17. The van der Waals surface area contributed by atoms with Crippen molar-refractivity contribution in [3.05, 3.63) is 72.3 Å². The highest BCUT2D eigenvalue weighted by Crippen LogP contribution is 2.37. The summed E-state index contributed by atoms with van der Waals surface area (Å²) in [5.74, 6) is -0.0853. The van der Waals surface area contributed by atoms with E-state index >= 15 is 0 Å². The Labute approximate surface area is 158 Å². The van der Waals surface area contributed by atoms with Crippen LogP contribution in [0.4, 0.5) is 11.4 Å². The quantitative estimate of drug-likeness (QED) is 0.554. The molecule has 0 aliphatic carbocycles. The van der Waals surface area contributed by atoms with Gasteiger partial charge in [0.2, 0.25) is 0 Å². The van der Waals surface area contributed by atoms with Gasteiger partial charge in [-0.05, 0) is 54.0 Å². The molecule has 2 heteroatoms. The van der Waals surface area contributed by atoms with Gasteiger partial charge in [0, 0.05) is 16.9 Å². The molecule has 0 fully saturated rings. The van der Waals surface area contributed by atoms with Crippen LogP contribution in [0.2, 0.25) is 0 Å². The molecule has 0 aliphatic rings. The summed E-state index contributed by atoms with van der Waals surface area (Å²) in [4.78, 5) is 14.5. The van der Waals surface area contributed by atoms with Crippen molar-refractivity contribution >= 4 is 17.3 Å². The maximum Gasteiger partial charge on any atom is 0.257 e. The van der Waals surface area contributed by atoms with E-state index in [-0.39, 0.29) is 16.7 Å². The van der Waals surface area contributed by atoms with Gasteiger partial charge >= 0.3 is 0 Å². The second-order valence-electron chi connectivity index (χ2n) is 8.92. The number of carbonyl (C=O) groups is 1. The standard InChI is InChI=1S/C24H31NO/c1-18(2)22(26)25(20-11-9-8-10-12-20)21-15-13-19(14-16-21)24(6,7)17-23(3,4)5/h8-16H,1,17H2,2-7H3. The van der Waals surface area contributed by atoms with Crippen molar-refractivity contribution < 1.29 is 4.79 Å². The predicted octanol–water partition coefficient (Wildman–Crippen LogP) is 6.64. The van der Waals surface area contributed by atoms with Crippen LogP contribution in [-0.2, 0) is 10.2 Å². The van der Waals surface area contributed by atoms with E-state index in [0.29, 0.717) is 5.57 Å². The van der Waals surface area contributed by atoms with Gasteiger partial charge in [0.05, 0.1) is 0 Å². The Morgan fingerprint density at radius 3 is 1.85 bits per heavy atom. The Morgan fingerprint density at radius 2 is 1.38 bits per heavy atom. The molecule has 1 amide bonds. The number of hydrogen-bond donors (Lipinski definition) is 0. The van der Waals surface area contributed by atoms with E-state index in [9.17, 15) is 4.79 Å². The largest absolute Gasteiger partial charge is 0.277 e. The summed E-state index contributed by atoms with van der Waals surface area (Å²) in [6.07, 6.45) is 1.09. The molecule has 2 aromatic carbocycles. The molecule has 2 rings (SSSR count). The van der Waals surface area contributed by atoms with Crippen molar-refractivity contribution in [2.24, 2.45) is 5.41 Å². The van der Waals surface area contributed by atoms with E-state index in [4.69, 9.17) is 0 Å². The van der Waals surface area contributed by atoms with Crippen molar-refractivity contribution in [1.82, 2.24) is 0 Å². The summed E-state index contributed by atoms with van der Waals surface area (Å²) < 4.78 is 0. The second kappa shape index (κ2) is 7.49. The smallest absolute Gasteiger partial charge is 0.257 e. The predicted molar refractivity (Wildman–Crippen MR) is 112 cm³/mol. The molecule has 0 atom stereocenters. The van der Waals surface area contributed by atoms with Gasteiger partial charge < -0.3 is 0 Å². The van der Waals surface area contributed by atoms with Gasteiger partial charge in [0.1, 0.15) is 0 Å². The summed E-state index contributed by atoms with van der Waals surface area (Å²) in [5.41, 5.74) is 3.85. The van der Waals surface area contributed by atoms with E-state index in [0.717, 1.165) is 17.8 Å². The fourth-order valence-corrected chi connectivity index (χ4v) is 3.64. The molecule has 0 unspecified atom stereocenters. The molecular formula is C24H31NO. The van der Waals surface area contributed by atoms with Crippen LogP contribution in [-0.4, -0.2) is 5.91 Å². The minimum atomic E-state index is -0.0853. The maximum absolute atomic E-state index is 12.7. The van der Waals surface area contributed by atoms with Gasteiger partial charge in [0.15, 0.2) is 0 Å². The maximum atomic E-state index is 12.7. The normalized spacial score (nSPS) is 11.9.